The van der Waals surface area contributed by atoms with Gasteiger partial charge in [-0.3, -0.25) is 0 Å². The van der Waals surface area contributed by atoms with Gasteiger partial charge in [0.25, 0.3) is 0 Å². The van der Waals surface area contributed by atoms with Gasteiger partial charge in [-0.2, -0.15) is 0 Å². The minimum atomic E-state index is 0.436. The molecule has 0 amide bonds. The lowest BCUT2D eigenvalue weighted by atomic mass is 10.2. The van der Waals surface area contributed by atoms with E-state index in [0.29, 0.717) is 17.3 Å². The van der Waals surface area contributed by atoms with Gasteiger partial charge >= 0.3 is 0 Å². The third-order valence-corrected chi connectivity index (χ3v) is 4.99. The fraction of sp³-hybridized carbons (Fsp3) is 0.0769. The maximum Gasteiger partial charge on any atom is 0.146 e. The Morgan fingerprint density at radius 2 is 1.68 bits per heavy atom. The van der Waals surface area contributed by atoms with E-state index in [4.69, 9.17) is 22.1 Å². The highest BCUT2D eigenvalue weighted by molar-refractivity contribution is 14.1. The predicted molar refractivity (Wildman–Crippen MR) is 105 cm³/mol. The van der Waals surface area contributed by atoms with Crippen molar-refractivity contribution in [2.45, 2.75) is 6.61 Å². The molecule has 19 heavy (non-hydrogen) atoms. The van der Waals surface area contributed by atoms with Crippen LogP contribution in [0.1, 0.15) is 5.56 Å². The molecule has 0 unspecified atom stereocenters. The summed E-state index contributed by atoms with van der Waals surface area (Å²) in [7, 11) is 0. The van der Waals surface area contributed by atoms with E-state index in [9.17, 15) is 0 Å². The van der Waals surface area contributed by atoms with Crippen molar-refractivity contribution in [1.82, 2.24) is 0 Å². The van der Waals surface area contributed by atoms with Gasteiger partial charge in [0.1, 0.15) is 12.4 Å². The number of nitrogens with two attached hydrogens (primary N) is 1. The highest BCUT2D eigenvalue weighted by atomic mass is 127. The molecule has 0 aromatic heterocycles. The molecule has 2 aromatic rings. The first kappa shape index (κ1) is 15.9. The smallest absolute Gasteiger partial charge is 0.146 e. The number of ether oxygens (including phenoxy) is 1. The molecule has 0 saturated carbocycles. The summed E-state index contributed by atoms with van der Waals surface area (Å²) in [6.07, 6.45) is 0. The van der Waals surface area contributed by atoms with Crippen LogP contribution < -0.4 is 10.5 Å². The molecular formula is C13H9ClI3NO. The molecule has 0 heterocycles. The quantitative estimate of drug-likeness (QED) is 0.377. The molecule has 0 aliphatic heterocycles. The SMILES string of the molecule is Nc1ccc(COc2c(I)cc(I)cc2I)c(Cl)c1. The minimum Gasteiger partial charge on any atom is -0.487 e. The molecule has 100 valence electrons. The molecule has 0 spiro atoms. The second-order valence-electron chi connectivity index (χ2n) is 3.84. The molecule has 0 atom stereocenters. The van der Waals surface area contributed by atoms with Crippen molar-refractivity contribution in [2.75, 3.05) is 5.73 Å². The molecule has 2 rings (SSSR count). The molecule has 0 aliphatic rings. The predicted octanol–water partition coefficient (Wildman–Crippen LogP) is 5.32. The Morgan fingerprint density at radius 3 is 2.26 bits per heavy atom. The first-order valence-corrected chi connectivity index (χ1v) is 8.90. The van der Waals surface area contributed by atoms with Gasteiger partial charge < -0.3 is 10.5 Å². The number of nitrogen functional groups attached to an aromatic ring is 1. The summed E-state index contributed by atoms with van der Waals surface area (Å²) < 4.78 is 9.28. The number of halogens is 4. The van der Waals surface area contributed by atoms with E-state index in [-0.39, 0.29) is 0 Å². The van der Waals surface area contributed by atoms with Crippen molar-refractivity contribution in [3.63, 3.8) is 0 Å². The zero-order chi connectivity index (χ0) is 14.0. The van der Waals surface area contributed by atoms with Gasteiger partial charge in [-0.1, -0.05) is 17.7 Å². The Bertz CT molecular complexity index is 596. The van der Waals surface area contributed by atoms with Crippen molar-refractivity contribution in [2.24, 2.45) is 0 Å². The van der Waals surface area contributed by atoms with Crippen LogP contribution in [0.25, 0.3) is 0 Å². The molecule has 2 aromatic carbocycles. The highest BCUT2D eigenvalue weighted by Crippen LogP contribution is 2.31. The Kier molecular flexibility index (Phi) is 5.85. The highest BCUT2D eigenvalue weighted by Gasteiger charge is 2.09. The van der Waals surface area contributed by atoms with Crippen molar-refractivity contribution in [1.29, 1.82) is 0 Å². The van der Waals surface area contributed by atoms with E-state index in [2.05, 4.69) is 79.9 Å². The molecule has 6 heteroatoms. The van der Waals surface area contributed by atoms with Crippen LogP contribution in [0, 0.1) is 10.7 Å². The van der Waals surface area contributed by atoms with Gasteiger partial charge in [0.2, 0.25) is 0 Å². The maximum absolute atomic E-state index is 6.14. The fourth-order valence-corrected chi connectivity index (χ4v) is 5.63. The van der Waals surface area contributed by atoms with Crippen LogP contribution in [-0.4, -0.2) is 0 Å². The van der Waals surface area contributed by atoms with E-state index in [1.165, 1.54) is 3.57 Å². The van der Waals surface area contributed by atoms with Gasteiger partial charge in [0, 0.05) is 19.8 Å². The summed E-state index contributed by atoms with van der Waals surface area (Å²) in [5, 5.41) is 0.635. The molecule has 2 nitrogen and oxygen atoms in total. The molecule has 2 N–H and O–H groups in total. The monoisotopic (exact) mass is 611 g/mol. The first-order chi connectivity index (χ1) is 8.97. The van der Waals surface area contributed by atoms with Crippen LogP contribution >= 0.6 is 79.4 Å². The van der Waals surface area contributed by atoms with E-state index >= 15 is 0 Å². The van der Waals surface area contributed by atoms with E-state index < -0.39 is 0 Å². The second kappa shape index (κ2) is 6.99. The van der Waals surface area contributed by atoms with Gasteiger partial charge in [-0.25, -0.2) is 0 Å². The third kappa shape index (κ3) is 4.24. The van der Waals surface area contributed by atoms with Crippen molar-refractivity contribution < 1.29 is 4.74 Å². The summed E-state index contributed by atoms with van der Waals surface area (Å²) in [6, 6.07) is 9.63. The average molecular weight is 611 g/mol. The van der Waals surface area contributed by atoms with Crippen molar-refractivity contribution in [3.8, 4) is 5.75 Å². The Morgan fingerprint density at radius 1 is 1.05 bits per heavy atom. The Hall–Kier alpha value is 0.520. The number of anilines is 1. The van der Waals surface area contributed by atoms with E-state index in [0.717, 1.165) is 18.5 Å². The summed E-state index contributed by atoms with van der Waals surface area (Å²) in [4.78, 5) is 0. The minimum absolute atomic E-state index is 0.436. The second-order valence-corrected chi connectivity index (χ2v) is 7.82. The standard InChI is InChI=1S/C13H9ClI3NO/c14-10-5-9(18)2-1-7(10)6-19-13-11(16)3-8(15)4-12(13)17/h1-5H,6,18H2. The molecule has 0 bridgehead atoms. The summed E-state index contributed by atoms with van der Waals surface area (Å²) in [5.41, 5.74) is 7.26. The zero-order valence-corrected chi connectivity index (χ0v) is 16.8. The number of hydrogen-bond acceptors (Lipinski definition) is 2. The zero-order valence-electron chi connectivity index (χ0n) is 9.59. The largest absolute Gasteiger partial charge is 0.487 e. The van der Waals surface area contributed by atoms with Crippen molar-refractivity contribution in [3.05, 3.63) is 51.6 Å². The topological polar surface area (TPSA) is 35.2 Å². The van der Waals surface area contributed by atoms with E-state index in [1.807, 2.05) is 12.1 Å². The van der Waals surface area contributed by atoms with Gasteiger partial charge in [0.05, 0.1) is 7.14 Å². The lowest BCUT2D eigenvalue weighted by Crippen LogP contribution is -2.00. The van der Waals surface area contributed by atoms with Crippen LogP contribution in [0.15, 0.2) is 30.3 Å². The molecule has 0 aliphatic carbocycles. The molecule has 0 saturated heterocycles. The lowest BCUT2D eigenvalue weighted by Gasteiger charge is -2.12. The average Bonchev–Trinajstić information content (AvgIpc) is 2.30. The van der Waals surface area contributed by atoms with Crippen LogP contribution in [0.2, 0.25) is 5.02 Å². The first-order valence-electron chi connectivity index (χ1n) is 5.28. The van der Waals surface area contributed by atoms with Crippen molar-refractivity contribution >= 4 is 85.1 Å². The molecular weight excluding hydrogens is 602 g/mol. The van der Waals surface area contributed by atoms with Crippen LogP contribution in [0.5, 0.6) is 5.75 Å². The maximum atomic E-state index is 6.14. The molecule has 0 fully saturated rings. The summed E-state index contributed by atoms with van der Waals surface area (Å²) in [6.45, 7) is 0.436. The van der Waals surface area contributed by atoms with Gasteiger partial charge in [-0.15, -0.1) is 0 Å². The number of hydrogen-bond donors (Lipinski definition) is 1. The van der Waals surface area contributed by atoms with Crippen LogP contribution in [0.4, 0.5) is 5.69 Å². The van der Waals surface area contributed by atoms with Crippen LogP contribution in [-0.2, 0) is 6.61 Å². The normalized spacial score (nSPS) is 10.5. The fourth-order valence-electron chi connectivity index (χ4n) is 1.50. The number of rotatable bonds is 3. The van der Waals surface area contributed by atoms with Gasteiger partial charge in [0.15, 0.2) is 0 Å². The molecule has 0 radical (unpaired) electrons. The number of benzene rings is 2. The summed E-state index contributed by atoms with van der Waals surface area (Å²) in [5.74, 6) is 0.898. The van der Waals surface area contributed by atoms with Crippen LogP contribution in [0.3, 0.4) is 0 Å². The lowest BCUT2D eigenvalue weighted by molar-refractivity contribution is 0.302. The van der Waals surface area contributed by atoms with E-state index in [1.54, 1.807) is 6.07 Å². The Labute approximate surface area is 157 Å². The van der Waals surface area contributed by atoms with Gasteiger partial charge in [-0.05, 0) is 92.0 Å². The third-order valence-electron chi connectivity index (χ3n) is 2.41. The Balaban J connectivity index is 2.19. The summed E-state index contributed by atoms with van der Waals surface area (Å²) >= 11 is 13.0.